The summed E-state index contributed by atoms with van der Waals surface area (Å²) < 4.78 is 0. The summed E-state index contributed by atoms with van der Waals surface area (Å²) in [6.07, 6.45) is 8.43. The van der Waals surface area contributed by atoms with Crippen molar-refractivity contribution in [3.63, 3.8) is 0 Å². The van der Waals surface area contributed by atoms with Gasteiger partial charge in [0.25, 0.3) is 11.8 Å². The summed E-state index contributed by atoms with van der Waals surface area (Å²) in [6.45, 7) is 0. The lowest BCUT2D eigenvalue weighted by Gasteiger charge is -2.28. The van der Waals surface area contributed by atoms with Crippen molar-refractivity contribution in [2.75, 3.05) is 0 Å². The van der Waals surface area contributed by atoms with Crippen molar-refractivity contribution in [2.24, 2.45) is 11.3 Å². The number of hydrogen-bond acceptors (Lipinski definition) is 3. The molecule has 1 atom stereocenters. The first-order valence-electron chi connectivity index (χ1n) is 6.17. The molecule has 0 aromatic carbocycles. The average Bonchev–Trinajstić information content (AvgIpc) is 2.90. The molecule has 3 rings (SSSR count). The van der Waals surface area contributed by atoms with Crippen molar-refractivity contribution < 1.29 is 14.4 Å². The maximum absolute atomic E-state index is 11.6. The predicted molar refractivity (Wildman–Crippen MR) is 59.9 cm³/mol. The number of carbonyl (C=O) groups is 3. The molecule has 0 bridgehead atoms. The van der Waals surface area contributed by atoms with Crippen LogP contribution in [-0.2, 0) is 14.4 Å². The minimum Gasteiger partial charge on any atom is -0.303 e. The summed E-state index contributed by atoms with van der Waals surface area (Å²) in [7, 11) is 0. The van der Waals surface area contributed by atoms with E-state index in [1.165, 1.54) is 17.1 Å². The van der Waals surface area contributed by atoms with Gasteiger partial charge in [-0.15, -0.1) is 0 Å². The number of carbonyl (C=O) groups excluding carboxylic acids is 3. The van der Waals surface area contributed by atoms with Gasteiger partial charge in [-0.25, -0.2) is 0 Å². The van der Waals surface area contributed by atoms with Crippen LogP contribution in [0.5, 0.6) is 0 Å². The van der Waals surface area contributed by atoms with Gasteiger partial charge in [0.1, 0.15) is 6.29 Å². The van der Waals surface area contributed by atoms with Gasteiger partial charge in [-0.3, -0.25) is 14.5 Å². The molecule has 0 radical (unpaired) electrons. The number of rotatable bonds is 2. The Labute approximate surface area is 99.7 Å². The number of hydrogen-bond donors (Lipinski definition) is 0. The first-order valence-corrected chi connectivity index (χ1v) is 6.17. The van der Waals surface area contributed by atoms with Crippen LogP contribution in [0.3, 0.4) is 0 Å². The fourth-order valence-corrected chi connectivity index (χ4v) is 3.30. The van der Waals surface area contributed by atoms with Gasteiger partial charge in [-0.05, 0) is 37.5 Å². The topological polar surface area (TPSA) is 54.5 Å². The van der Waals surface area contributed by atoms with Crippen LogP contribution >= 0.6 is 0 Å². The Bertz CT molecular complexity index is 400. The van der Waals surface area contributed by atoms with Crippen molar-refractivity contribution >= 4 is 18.1 Å². The number of amides is 2. The number of imide groups is 1. The van der Waals surface area contributed by atoms with Gasteiger partial charge >= 0.3 is 0 Å². The fourth-order valence-electron chi connectivity index (χ4n) is 3.30. The third-order valence-electron chi connectivity index (χ3n) is 4.52. The smallest absolute Gasteiger partial charge is 0.253 e. The van der Waals surface area contributed by atoms with Crippen LogP contribution < -0.4 is 0 Å². The highest BCUT2D eigenvalue weighted by Gasteiger charge is 2.60. The Morgan fingerprint density at radius 2 is 1.76 bits per heavy atom. The molecule has 3 aliphatic rings. The largest absolute Gasteiger partial charge is 0.303 e. The van der Waals surface area contributed by atoms with E-state index in [0.717, 1.165) is 38.4 Å². The highest BCUT2D eigenvalue weighted by Crippen LogP contribution is 2.59. The number of nitrogens with zero attached hydrogens (tertiary/aromatic N) is 1. The SMILES string of the molecule is O=CC1CCC2(CC1)CC2N1C(=O)C=CC1=O. The molecule has 2 fully saturated rings. The molecule has 1 unspecified atom stereocenters. The van der Waals surface area contributed by atoms with E-state index < -0.39 is 0 Å². The Balaban J connectivity index is 1.68. The zero-order chi connectivity index (χ0) is 12.0. The van der Waals surface area contributed by atoms with Crippen molar-refractivity contribution in [3.05, 3.63) is 12.2 Å². The highest BCUT2D eigenvalue weighted by molar-refractivity contribution is 6.13. The quantitative estimate of drug-likeness (QED) is 0.529. The molecule has 0 aromatic heterocycles. The second-order valence-electron chi connectivity index (χ2n) is 5.44. The molecule has 4 heteroatoms. The van der Waals surface area contributed by atoms with Gasteiger partial charge in [0, 0.05) is 24.1 Å². The van der Waals surface area contributed by atoms with E-state index in [1.807, 2.05) is 0 Å². The molecular weight excluding hydrogens is 218 g/mol. The molecule has 1 heterocycles. The Morgan fingerprint density at radius 3 is 2.29 bits per heavy atom. The first kappa shape index (κ1) is 10.7. The van der Waals surface area contributed by atoms with Crippen LogP contribution in [0.25, 0.3) is 0 Å². The van der Waals surface area contributed by atoms with Gasteiger partial charge < -0.3 is 4.79 Å². The van der Waals surface area contributed by atoms with E-state index in [4.69, 9.17) is 0 Å². The molecule has 2 saturated carbocycles. The van der Waals surface area contributed by atoms with Gasteiger partial charge in [-0.2, -0.15) is 0 Å². The molecule has 1 spiro atoms. The van der Waals surface area contributed by atoms with E-state index in [0.29, 0.717) is 0 Å². The second-order valence-corrected chi connectivity index (χ2v) is 5.44. The van der Waals surface area contributed by atoms with E-state index in [1.54, 1.807) is 0 Å². The summed E-state index contributed by atoms with van der Waals surface area (Å²) in [5.41, 5.74) is 0.136. The highest BCUT2D eigenvalue weighted by atomic mass is 16.2. The van der Waals surface area contributed by atoms with E-state index in [2.05, 4.69) is 0 Å². The Hall–Kier alpha value is -1.45. The van der Waals surface area contributed by atoms with Crippen LogP contribution in [0.2, 0.25) is 0 Å². The van der Waals surface area contributed by atoms with E-state index in [-0.39, 0.29) is 29.2 Å². The maximum Gasteiger partial charge on any atom is 0.253 e. The average molecular weight is 233 g/mol. The molecule has 90 valence electrons. The van der Waals surface area contributed by atoms with Crippen LogP contribution in [0.4, 0.5) is 0 Å². The molecule has 2 aliphatic carbocycles. The summed E-state index contributed by atoms with van der Waals surface area (Å²) in [5.74, 6) is -0.159. The molecule has 0 aromatic rings. The van der Waals surface area contributed by atoms with Crippen LogP contribution in [0.1, 0.15) is 32.1 Å². The lowest BCUT2D eigenvalue weighted by molar-refractivity contribution is -0.138. The Kier molecular flexibility index (Phi) is 2.21. The second kappa shape index (κ2) is 3.52. The first-order chi connectivity index (χ1) is 8.16. The van der Waals surface area contributed by atoms with Crippen LogP contribution in [0.15, 0.2) is 12.2 Å². The van der Waals surface area contributed by atoms with Gasteiger partial charge in [0.05, 0.1) is 0 Å². The molecule has 17 heavy (non-hydrogen) atoms. The monoisotopic (exact) mass is 233 g/mol. The minimum absolute atomic E-state index is 0.0881. The zero-order valence-corrected chi connectivity index (χ0v) is 9.59. The lowest BCUT2D eigenvalue weighted by Crippen LogP contribution is -2.36. The van der Waals surface area contributed by atoms with E-state index in [9.17, 15) is 14.4 Å². The molecule has 0 saturated heterocycles. The van der Waals surface area contributed by atoms with Crippen molar-refractivity contribution in [1.82, 2.24) is 4.90 Å². The third-order valence-corrected chi connectivity index (χ3v) is 4.52. The van der Waals surface area contributed by atoms with E-state index >= 15 is 0 Å². The maximum atomic E-state index is 11.6. The minimum atomic E-state index is -0.172. The molecule has 0 N–H and O–H groups in total. The van der Waals surface area contributed by atoms with Crippen molar-refractivity contribution in [3.8, 4) is 0 Å². The zero-order valence-electron chi connectivity index (χ0n) is 9.59. The Morgan fingerprint density at radius 1 is 1.18 bits per heavy atom. The van der Waals surface area contributed by atoms with Gasteiger partial charge in [0.2, 0.25) is 0 Å². The number of aldehydes is 1. The van der Waals surface area contributed by atoms with Gasteiger partial charge in [0.15, 0.2) is 0 Å². The van der Waals surface area contributed by atoms with Crippen molar-refractivity contribution in [2.45, 2.75) is 38.1 Å². The van der Waals surface area contributed by atoms with Crippen molar-refractivity contribution in [1.29, 1.82) is 0 Å². The molecule has 2 amide bonds. The summed E-state index contributed by atoms with van der Waals surface area (Å²) in [5, 5.41) is 0. The summed E-state index contributed by atoms with van der Waals surface area (Å²) in [6, 6.07) is 0.0881. The van der Waals surface area contributed by atoms with Crippen LogP contribution in [-0.4, -0.2) is 29.0 Å². The summed E-state index contributed by atoms with van der Waals surface area (Å²) in [4.78, 5) is 35.3. The molecule has 1 aliphatic heterocycles. The van der Waals surface area contributed by atoms with Gasteiger partial charge in [-0.1, -0.05) is 0 Å². The fraction of sp³-hybridized carbons (Fsp3) is 0.615. The molecular formula is C13H15NO3. The predicted octanol–water partition coefficient (Wildman–Crippen LogP) is 1.06. The lowest BCUT2D eigenvalue weighted by atomic mass is 9.80. The standard InChI is InChI=1S/C13H15NO3/c15-8-9-3-5-13(6-4-9)7-10(13)14-11(16)1-2-12(14)17/h1-2,8-10H,3-7H2. The summed E-state index contributed by atoms with van der Waals surface area (Å²) >= 11 is 0. The molecule has 4 nitrogen and oxygen atoms in total. The van der Waals surface area contributed by atoms with Crippen LogP contribution in [0, 0.1) is 11.3 Å². The normalized spacial score (nSPS) is 40.1. The third kappa shape index (κ3) is 1.54.